The van der Waals surface area contributed by atoms with Crippen LogP contribution >= 0.6 is 12.2 Å². The minimum atomic E-state index is -0.280. The van der Waals surface area contributed by atoms with E-state index in [1.165, 1.54) is 13.3 Å². The average molecular weight is 254 g/mol. The van der Waals surface area contributed by atoms with Gasteiger partial charge in [0.2, 0.25) is 0 Å². The highest BCUT2D eigenvalue weighted by Crippen LogP contribution is 2.14. The number of hydrogen-bond acceptors (Lipinski definition) is 6. The maximum atomic E-state index is 11.0. The van der Waals surface area contributed by atoms with E-state index in [2.05, 4.69) is 14.9 Å². The Morgan fingerprint density at radius 1 is 1.65 bits per heavy atom. The van der Waals surface area contributed by atoms with E-state index in [4.69, 9.17) is 18.0 Å². The number of carbonyl (C=O) groups is 1. The van der Waals surface area contributed by atoms with Gasteiger partial charge >= 0.3 is 5.97 Å². The van der Waals surface area contributed by atoms with Crippen LogP contribution in [0.1, 0.15) is 12.0 Å². The van der Waals surface area contributed by atoms with Crippen molar-refractivity contribution in [1.29, 1.82) is 0 Å². The van der Waals surface area contributed by atoms with Crippen molar-refractivity contribution < 1.29 is 9.53 Å². The molecule has 2 N–H and O–H groups in total. The number of anilines is 1. The molecule has 0 unspecified atom stereocenters. The number of methoxy groups -OCH3 is 1. The predicted molar refractivity (Wildman–Crippen MR) is 67.8 cm³/mol. The van der Waals surface area contributed by atoms with E-state index < -0.39 is 0 Å². The smallest absolute Gasteiger partial charge is 0.307 e. The fraction of sp³-hybridized carbons (Fsp3) is 0.400. The molecule has 0 aliphatic carbocycles. The number of rotatable bonds is 5. The summed E-state index contributed by atoms with van der Waals surface area (Å²) in [6, 6.07) is 1.69. The van der Waals surface area contributed by atoms with E-state index in [1.54, 1.807) is 18.0 Å². The van der Waals surface area contributed by atoms with Crippen molar-refractivity contribution in [2.24, 2.45) is 5.73 Å². The molecular formula is C10H14N4O2S. The maximum Gasteiger partial charge on any atom is 0.307 e. The standard InChI is InChI=1S/C10H14N4O2S/c1-14(6-4-8(15)16-2)10-7(9(11)17)3-5-12-13-10/h3,5H,4,6H2,1-2H3,(H2,11,17). The molecule has 17 heavy (non-hydrogen) atoms. The highest BCUT2D eigenvalue weighted by Gasteiger charge is 2.12. The number of esters is 1. The van der Waals surface area contributed by atoms with Gasteiger partial charge in [0, 0.05) is 13.6 Å². The number of aromatic nitrogens is 2. The van der Waals surface area contributed by atoms with Crippen molar-refractivity contribution in [2.45, 2.75) is 6.42 Å². The van der Waals surface area contributed by atoms with Gasteiger partial charge in [-0.15, -0.1) is 5.10 Å². The third kappa shape index (κ3) is 3.63. The molecule has 0 aliphatic heterocycles. The Morgan fingerprint density at radius 2 is 2.35 bits per heavy atom. The van der Waals surface area contributed by atoms with Gasteiger partial charge in [-0.1, -0.05) is 12.2 Å². The van der Waals surface area contributed by atoms with Crippen LogP contribution in [-0.4, -0.2) is 41.9 Å². The van der Waals surface area contributed by atoms with E-state index in [1.807, 2.05) is 0 Å². The molecule has 0 aliphatic rings. The third-order valence-corrected chi connectivity index (χ3v) is 2.43. The lowest BCUT2D eigenvalue weighted by Crippen LogP contribution is -2.26. The van der Waals surface area contributed by atoms with Crippen molar-refractivity contribution in [3.63, 3.8) is 0 Å². The lowest BCUT2D eigenvalue weighted by molar-refractivity contribution is -0.140. The second-order valence-corrected chi connectivity index (χ2v) is 3.82. The first-order valence-electron chi connectivity index (χ1n) is 4.95. The minimum absolute atomic E-state index is 0.250. The van der Waals surface area contributed by atoms with Crippen molar-refractivity contribution in [1.82, 2.24) is 10.2 Å². The van der Waals surface area contributed by atoms with Crippen LogP contribution in [0.4, 0.5) is 5.82 Å². The van der Waals surface area contributed by atoms with Crippen LogP contribution in [0.15, 0.2) is 12.3 Å². The summed E-state index contributed by atoms with van der Waals surface area (Å²) < 4.78 is 4.56. The molecule has 0 radical (unpaired) electrons. The first kappa shape index (κ1) is 13.3. The number of nitrogens with two attached hydrogens (primary N) is 1. The highest BCUT2D eigenvalue weighted by atomic mass is 32.1. The number of hydrogen-bond donors (Lipinski definition) is 1. The molecule has 0 bridgehead atoms. The van der Waals surface area contributed by atoms with Crippen LogP contribution in [0.3, 0.4) is 0 Å². The molecule has 0 spiro atoms. The Morgan fingerprint density at radius 3 is 2.94 bits per heavy atom. The quantitative estimate of drug-likeness (QED) is 0.590. The zero-order valence-corrected chi connectivity index (χ0v) is 10.5. The molecule has 1 aromatic heterocycles. The van der Waals surface area contributed by atoms with Crippen LogP contribution in [0.25, 0.3) is 0 Å². The fourth-order valence-corrected chi connectivity index (χ4v) is 1.42. The number of carbonyl (C=O) groups excluding carboxylic acids is 1. The molecule has 6 nitrogen and oxygen atoms in total. The Balaban J connectivity index is 2.78. The van der Waals surface area contributed by atoms with E-state index in [0.29, 0.717) is 17.9 Å². The normalized spacial score (nSPS) is 9.76. The zero-order chi connectivity index (χ0) is 12.8. The van der Waals surface area contributed by atoms with Crippen molar-refractivity contribution in [2.75, 3.05) is 25.6 Å². The molecule has 1 heterocycles. The molecule has 1 aromatic rings. The summed E-state index contributed by atoms with van der Waals surface area (Å²) in [4.78, 5) is 13.0. The number of nitrogens with zero attached hydrogens (tertiary/aromatic N) is 3. The average Bonchev–Trinajstić information content (AvgIpc) is 2.35. The van der Waals surface area contributed by atoms with Gasteiger partial charge in [-0.25, -0.2) is 0 Å². The fourth-order valence-electron chi connectivity index (χ4n) is 1.27. The summed E-state index contributed by atoms with van der Waals surface area (Å²) in [6.07, 6.45) is 1.78. The van der Waals surface area contributed by atoms with E-state index in [0.717, 1.165) is 0 Å². The van der Waals surface area contributed by atoms with Crippen LogP contribution in [0, 0.1) is 0 Å². The monoisotopic (exact) mass is 254 g/mol. The van der Waals surface area contributed by atoms with Gasteiger partial charge in [-0.05, 0) is 6.07 Å². The van der Waals surface area contributed by atoms with Gasteiger partial charge < -0.3 is 15.4 Å². The first-order valence-corrected chi connectivity index (χ1v) is 5.36. The molecule has 0 atom stereocenters. The Bertz CT molecular complexity index is 425. The van der Waals surface area contributed by atoms with Gasteiger partial charge in [-0.2, -0.15) is 5.10 Å². The van der Waals surface area contributed by atoms with Crippen LogP contribution < -0.4 is 10.6 Å². The van der Waals surface area contributed by atoms with Gasteiger partial charge in [0.05, 0.1) is 25.3 Å². The topological polar surface area (TPSA) is 81.3 Å². The summed E-state index contributed by atoms with van der Waals surface area (Å²) in [6.45, 7) is 0.459. The van der Waals surface area contributed by atoms with E-state index in [9.17, 15) is 4.79 Å². The SMILES string of the molecule is COC(=O)CCN(C)c1nnccc1C(N)=S. The van der Waals surface area contributed by atoms with Crippen LogP contribution in [0.5, 0.6) is 0 Å². The molecule has 7 heteroatoms. The van der Waals surface area contributed by atoms with Gasteiger partial charge in [0.1, 0.15) is 4.99 Å². The lowest BCUT2D eigenvalue weighted by Gasteiger charge is -2.19. The molecule has 92 valence electrons. The van der Waals surface area contributed by atoms with Gasteiger partial charge in [-0.3, -0.25) is 4.79 Å². The molecule has 0 fully saturated rings. The van der Waals surface area contributed by atoms with Crippen LogP contribution in [-0.2, 0) is 9.53 Å². The van der Waals surface area contributed by atoms with E-state index in [-0.39, 0.29) is 17.4 Å². The highest BCUT2D eigenvalue weighted by molar-refractivity contribution is 7.80. The van der Waals surface area contributed by atoms with Crippen molar-refractivity contribution in [3.05, 3.63) is 17.8 Å². The summed E-state index contributed by atoms with van der Waals surface area (Å²) in [5.74, 6) is 0.279. The third-order valence-electron chi connectivity index (χ3n) is 2.21. The molecular weight excluding hydrogens is 240 g/mol. The van der Waals surface area contributed by atoms with Gasteiger partial charge in [0.15, 0.2) is 5.82 Å². The number of ether oxygens (including phenoxy) is 1. The Kier molecular flexibility index (Phi) is 4.77. The molecule has 0 saturated heterocycles. The van der Waals surface area contributed by atoms with Crippen molar-refractivity contribution in [3.8, 4) is 0 Å². The largest absolute Gasteiger partial charge is 0.469 e. The van der Waals surface area contributed by atoms with E-state index >= 15 is 0 Å². The summed E-state index contributed by atoms with van der Waals surface area (Å²) in [5, 5.41) is 7.73. The zero-order valence-electron chi connectivity index (χ0n) is 9.71. The first-order chi connectivity index (χ1) is 8.06. The van der Waals surface area contributed by atoms with Gasteiger partial charge in [0.25, 0.3) is 0 Å². The second kappa shape index (κ2) is 6.09. The lowest BCUT2D eigenvalue weighted by atomic mass is 10.2. The second-order valence-electron chi connectivity index (χ2n) is 3.38. The summed E-state index contributed by atoms with van der Waals surface area (Å²) in [7, 11) is 3.14. The number of thiocarbonyl (C=S) groups is 1. The molecule has 0 saturated carbocycles. The molecule has 0 aromatic carbocycles. The maximum absolute atomic E-state index is 11.0. The van der Waals surface area contributed by atoms with Crippen molar-refractivity contribution >= 4 is 29.0 Å². The molecule has 1 rings (SSSR count). The molecule has 0 amide bonds. The summed E-state index contributed by atoms with van der Waals surface area (Å²) in [5.41, 5.74) is 6.22. The van der Waals surface area contributed by atoms with Crippen LogP contribution in [0.2, 0.25) is 0 Å². The Labute approximate surface area is 105 Å². The Hall–Kier alpha value is -1.76. The summed E-state index contributed by atoms with van der Waals surface area (Å²) >= 11 is 4.92. The predicted octanol–water partition coefficient (Wildman–Crippen LogP) is 0.110. The minimum Gasteiger partial charge on any atom is -0.469 e.